The highest BCUT2D eigenvalue weighted by molar-refractivity contribution is 6.54. The van der Waals surface area contributed by atoms with Gasteiger partial charge in [-0.2, -0.15) is 15.4 Å². The number of para-hydroxylation sites is 2. The fourth-order valence-electron chi connectivity index (χ4n) is 0.786. The van der Waals surface area contributed by atoms with Gasteiger partial charge in [-0.15, -0.1) is 0 Å². The molecule has 62 valence electrons. The van der Waals surface area contributed by atoms with E-state index < -0.39 is 0 Å². The summed E-state index contributed by atoms with van der Waals surface area (Å²) in [6, 6.07) is 7.70. The number of aromatic amines is 1. The number of halogens is 1. The van der Waals surface area contributed by atoms with E-state index in [0.29, 0.717) is 0 Å². The topological polar surface area (TPSA) is 58.6 Å². The predicted octanol–water partition coefficient (Wildman–Crippen LogP) is 1.37. The maximum absolute atomic E-state index is 8.57. The number of nitrogens with one attached hydrogen (secondary N) is 1. The molecule has 1 aromatic heterocycles. The molecule has 12 heavy (non-hydrogen) atoms. The van der Waals surface area contributed by atoms with E-state index in [4.69, 9.17) is 4.79 Å². The Balaban J connectivity index is 0.000000213. The van der Waals surface area contributed by atoms with Crippen molar-refractivity contribution < 1.29 is 4.79 Å². The van der Waals surface area contributed by atoms with Crippen LogP contribution in [0, 0.1) is 0 Å². The Morgan fingerprint density at radius 1 is 1.25 bits per heavy atom. The molecule has 4 nitrogen and oxygen atoms in total. The summed E-state index contributed by atoms with van der Waals surface area (Å²) in [5, 5.41) is 10.3. The van der Waals surface area contributed by atoms with Gasteiger partial charge in [0.1, 0.15) is 11.0 Å². The van der Waals surface area contributed by atoms with Crippen LogP contribution < -0.4 is 0 Å². The Morgan fingerprint density at radius 3 is 2.08 bits per heavy atom. The molecule has 5 heteroatoms. The first-order valence-corrected chi connectivity index (χ1v) is 3.61. The van der Waals surface area contributed by atoms with E-state index in [1.807, 2.05) is 24.3 Å². The van der Waals surface area contributed by atoms with Crippen LogP contribution in [0.4, 0.5) is 0 Å². The average molecular weight is 184 g/mol. The van der Waals surface area contributed by atoms with Crippen molar-refractivity contribution in [1.82, 2.24) is 15.4 Å². The van der Waals surface area contributed by atoms with Crippen molar-refractivity contribution in [1.29, 1.82) is 0 Å². The predicted molar refractivity (Wildman–Crippen MR) is 46.5 cm³/mol. The van der Waals surface area contributed by atoms with Crippen molar-refractivity contribution >= 4 is 28.4 Å². The van der Waals surface area contributed by atoms with Crippen LogP contribution in [0.25, 0.3) is 11.0 Å². The lowest BCUT2D eigenvalue weighted by Crippen LogP contribution is -1.63. The molecule has 1 N–H and O–H groups in total. The molecule has 0 unspecified atom stereocenters. The maximum Gasteiger partial charge on any atom is 0.208 e. The lowest BCUT2D eigenvalue weighted by molar-refractivity contribution is 0.569. The zero-order chi connectivity index (χ0) is 8.81. The van der Waals surface area contributed by atoms with Crippen molar-refractivity contribution in [2.45, 2.75) is 0 Å². The monoisotopic (exact) mass is 183 g/mol. The number of hydrogen-bond acceptors (Lipinski definition) is 3. The zero-order valence-electron chi connectivity index (χ0n) is 6.07. The summed E-state index contributed by atoms with van der Waals surface area (Å²) in [7, 11) is 0. The highest BCUT2D eigenvalue weighted by Crippen LogP contribution is 2.03. The number of aromatic nitrogens is 3. The normalized spacial score (nSPS) is 8.75. The number of carbonyl (C=O) groups excluding carboxylic acids is 1. The molecule has 0 aliphatic heterocycles. The largest absolute Gasteiger partial charge is 0.285 e. The quantitative estimate of drug-likeness (QED) is 0.496. The lowest BCUT2D eigenvalue weighted by Gasteiger charge is -1.78. The molecule has 0 saturated heterocycles. The van der Waals surface area contributed by atoms with Gasteiger partial charge in [-0.05, 0) is 23.7 Å². The second-order valence-electron chi connectivity index (χ2n) is 1.90. The molecule has 0 fully saturated rings. The summed E-state index contributed by atoms with van der Waals surface area (Å²) < 4.78 is 0. The van der Waals surface area contributed by atoms with Gasteiger partial charge in [0.15, 0.2) is 0 Å². The molecule has 0 aliphatic rings. The van der Waals surface area contributed by atoms with E-state index in [0.717, 1.165) is 11.0 Å². The third kappa shape index (κ3) is 2.03. The number of nitrogens with zero attached hydrogens (tertiary/aromatic N) is 2. The molecular weight excluding hydrogens is 178 g/mol. The SMILES string of the molecule is O=CCl.c1ccc2n[nH]nc2c1. The Kier molecular flexibility index (Phi) is 3.22. The molecule has 0 saturated carbocycles. The van der Waals surface area contributed by atoms with E-state index in [-0.39, 0.29) is 5.75 Å². The molecule has 0 atom stereocenters. The minimum absolute atomic E-state index is 0.222. The number of H-pyrrole nitrogens is 1. The van der Waals surface area contributed by atoms with Crippen LogP contribution in [0.1, 0.15) is 0 Å². The highest BCUT2D eigenvalue weighted by Gasteiger charge is 1.90. The van der Waals surface area contributed by atoms with Gasteiger partial charge in [0.2, 0.25) is 5.75 Å². The van der Waals surface area contributed by atoms with Gasteiger partial charge in [-0.3, -0.25) is 4.79 Å². The maximum atomic E-state index is 8.57. The highest BCUT2D eigenvalue weighted by atomic mass is 35.5. The summed E-state index contributed by atoms with van der Waals surface area (Å²) in [5.74, 6) is 0.222. The number of fused-ring (bicyclic) bond motifs is 1. The van der Waals surface area contributed by atoms with Crippen LogP contribution in [0.3, 0.4) is 0 Å². The van der Waals surface area contributed by atoms with Gasteiger partial charge in [0.05, 0.1) is 0 Å². The third-order valence-electron chi connectivity index (χ3n) is 1.22. The molecule has 1 heterocycles. The number of carbonyl (C=O) groups is 1. The van der Waals surface area contributed by atoms with E-state index in [2.05, 4.69) is 27.0 Å². The zero-order valence-corrected chi connectivity index (χ0v) is 6.82. The molecule has 2 rings (SSSR count). The van der Waals surface area contributed by atoms with Gasteiger partial charge < -0.3 is 0 Å². The molecule has 0 amide bonds. The fraction of sp³-hybridized carbons (Fsp3) is 0. The summed E-state index contributed by atoms with van der Waals surface area (Å²) in [5.41, 5.74) is 1.83. The van der Waals surface area contributed by atoms with Crippen LogP contribution in [-0.4, -0.2) is 21.2 Å². The fourth-order valence-corrected chi connectivity index (χ4v) is 0.786. The lowest BCUT2D eigenvalue weighted by atomic mass is 10.3. The van der Waals surface area contributed by atoms with Crippen LogP contribution in [-0.2, 0) is 4.79 Å². The first kappa shape index (κ1) is 8.67. The van der Waals surface area contributed by atoms with Crippen molar-refractivity contribution in [2.24, 2.45) is 0 Å². The van der Waals surface area contributed by atoms with Crippen molar-refractivity contribution in [3.8, 4) is 0 Å². The molecular formula is C7H6ClN3O. The van der Waals surface area contributed by atoms with E-state index in [1.54, 1.807) is 0 Å². The van der Waals surface area contributed by atoms with Crippen LogP contribution in [0.15, 0.2) is 24.3 Å². The van der Waals surface area contributed by atoms with Crippen LogP contribution in [0.2, 0.25) is 0 Å². The third-order valence-corrected chi connectivity index (χ3v) is 1.22. The second-order valence-corrected chi connectivity index (χ2v) is 2.08. The van der Waals surface area contributed by atoms with E-state index in [9.17, 15) is 0 Å². The minimum Gasteiger partial charge on any atom is -0.285 e. The van der Waals surface area contributed by atoms with Gasteiger partial charge >= 0.3 is 0 Å². The van der Waals surface area contributed by atoms with E-state index >= 15 is 0 Å². The van der Waals surface area contributed by atoms with Crippen molar-refractivity contribution in [3.63, 3.8) is 0 Å². The summed E-state index contributed by atoms with van der Waals surface area (Å²) in [6.45, 7) is 0. The summed E-state index contributed by atoms with van der Waals surface area (Å²) in [4.78, 5) is 8.57. The molecule has 0 spiro atoms. The van der Waals surface area contributed by atoms with Crippen LogP contribution >= 0.6 is 11.6 Å². The van der Waals surface area contributed by atoms with Crippen molar-refractivity contribution in [2.75, 3.05) is 0 Å². The van der Waals surface area contributed by atoms with Gasteiger partial charge in [0, 0.05) is 0 Å². The summed E-state index contributed by atoms with van der Waals surface area (Å²) in [6.07, 6.45) is 0. The standard InChI is InChI=1S/C6H5N3.CHClO/c1-2-4-6-5(3-1)7-9-8-6;2-1-3/h1-4H,(H,7,8,9);1H. The minimum atomic E-state index is 0.222. The summed E-state index contributed by atoms with van der Waals surface area (Å²) >= 11 is 4.32. The number of hydrogen-bond donors (Lipinski definition) is 1. The van der Waals surface area contributed by atoms with Crippen molar-refractivity contribution in [3.05, 3.63) is 24.3 Å². The van der Waals surface area contributed by atoms with Gasteiger partial charge in [0.25, 0.3) is 0 Å². The van der Waals surface area contributed by atoms with Gasteiger partial charge in [-0.25, -0.2) is 0 Å². The Hall–Kier alpha value is -1.42. The first-order chi connectivity index (χ1) is 5.88. The number of benzene rings is 1. The molecule has 1 aromatic carbocycles. The molecule has 2 aromatic rings. The van der Waals surface area contributed by atoms with E-state index in [1.165, 1.54) is 0 Å². The Bertz CT molecular complexity index is 330. The Labute approximate surface area is 73.5 Å². The Morgan fingerprint density at radius 2 is 1.67 bits per heavy atom. The van der Waals surface area contributed by atoms with Crippen LogP contribution in [0.5, 0.6) is 0 Å². The molecule has 0 radical (unpaired) electrons. The first-order valence-electron chi connectivity index (χ1n) is 3.18. The smallest absolute Gasteiger partial charge is 0.208 e. The number of rotatable bonds is 0. The molecule has 0 bridgehead atoms. The molecule has 0 aliphatic carbocycles. The second kappa shape index (κ2) is 4.46. The van der Waals surface area contributed by atoms with Gasteiger partial charge in [-0.1, -0.05) is 12.1 Å². The average Bonchev–Trinajstić information content (AvgIpc) is 2.52.